The first-order valence-corrected chi connectivity index (χ1v) is 19.0. The van der Waals surface area contributed by atoms with Gasteiger partial charge in [0.25, 0.3) is 0 Å². The zero-order chi connectivity index (χ0) is 37.3. The smallest absolute Gasteiger partial charge is 0.164 e. The minimum atomic E-state index is 0.0493. The van der Waals surface area contributed by atoms with Crippen LogP contribution < -0.4 is 4.90 Å². The van der Waals surface area contributed by atoms with E-state index in [0.29, 0.717) is 11.6 Å². The van der Waals surface area contributed by atoms with Crippen LogP contribution in [0.4, 0.5) is 17.1 Å². The predicted molar refractivity (Wildman–Crippen MR) is 229 cm³/mol. The lowest BCUT2D eigenvalue weighted by molar-refractivity contribution is 0.669. The van der Waals surface area contributed by atoms with Crippen LogP contribution in [-0.2, 0) is 0 Å². The summed E-state index contributed by atoms with van der Waals surface area (Å²) in [6, 6.07) is 61.3. The van der Waals surface area contributed by atoms with E-state index in [1.165, 1.54) is 22.3 Å². The Morgan fingerprint density at radius 2 is 0.982 bits per heavy atom. The molecule has 0 aliphatic heterocycles. The molecule has 0 radical (unpaired) electrons. The fraction of sp³-hybridized carbons (Fsp3) is 0.0392. The lowest BCUT2D eigenvalue weighted by Gasteiger charge is -2.26. The van der Waals surface area contributed by atoms with Crippen molar-refractivity contribution in [2.24, 2.45) is 0 Å². The summed E-state index contributed by atoms with van der Waals surface area (Å²) >= 11 is 0. The van der Waals surface area contributed by atoms with Gasteiger partial charge in [0.05, 0.1) is 0 Å². The fourth-order valence-corrected chi connectivity index (χ4v) is 7.61. The molecule has 9 aromatic rings. The Labute approximate surface area is 325 Å². The lowest BCUT2D eigenvalue weighted by Crippen LogP contribution is -2.10. The first-order chi connectivity index (χ1) is 27.7. The van der Waals surface area contributed by atoms with Crippen molar-refractivity contribution in [1.82, 2.24) is 15.0 Å². The van der Waals surface area contributed by atoms with Gasteiger partial charge >= 0.3 is 0 Å². The topological polar surface area (TPSA) is 55.1 Å². The SMILES string of the molecule is C1=CCC(c2nc(-c3ccc(N(c4ccc(-c5ccccc5)cc4)c4ccc(-c5ccccc5)cc4)cc3)nc(-c3cccc4oc5ccccc5c34)n2)C=C1. The summed E-state index contributed by atoms with van der Waals surface area (Å²) in [6.07, 6.45) is 9.32. The van der Waals surface area contributed by atoms with Gasteiger partial charge in [-0.3, -0.25) is 0 Å². The Bertz CT molecular complexity index is 2780. The van der Waals surface area contributed by atoms with Crippen molar-refractivity contribution in [2.75, 3.05) is 4.90 Å². The van der Waals surface area contributed by atoms with Crippen LogP contribution in [0.1, 0.15) is 18.2 Å². The number of fused-ring (bicyclic) bond motifs is 3. The van der Waals surface area contributed by atoms with Crippen molar-refractivity contribution < 1.29 is 4.42 Å². The molecule has 1 aliphatic carbocycles. The minimum absolute atomic E-state index is 0.0493. The van der Waals surface area contributed by atoms with Crippen LogP contribution in [0, 0.1) is 0 Å². The first-order valence-electron chi connectivity index (χ1n) is 19.0. The second-order valence-corrected chi connectivity index (χ2v) is 14.0. The monoisotopic (exact) mass is 720 g/mol. The molecule has 0 bridgehead atoms. The molecular weight excluding hydrogens is 685 g/mol. The standard InChI is InChI=1S/C51H36N4O/c1-4-13-35(14-5-1)37-23-29-41(30-24-37)55(42-31-25-38(26-32-42)36-15-6-2-7-16-36)43-33-27-40(28-34-43)50-52-49(39-17-8-3-9-18-39)53-51(54-50)45-20-12-22-47-48(45)44-19-10-11-21-46(44)56-47/h1-17,19-34,39H,18H2. The quantitative estimate of drug-likeness (QED) is 0.156. The van der Waals surface area contributed by atoms with Crippen molar-refractivity contribution in [3.63, 3.8) is 0 Å². The molecule has 56 heavy (non-hydrogen) atoms. The highest BCUT2D eigenvalue weighted by Gasteiger charge is 2.21. The zero-order valence-electron chi connectivity index (χ0n) is 30.5. The Morgan fingerprint density at radius 3 is 1.59 bits per heavy atom. The summed E-state index contributed by atoms with van der Waals surface area (Å²) in [5.74, 6) is 2.06. The van der Waals surface area contributed by atoms with Gasteiger partial charge in [0, 0.05) is 44.9 Å². The Balaban J connectivity index is 1.06. The van der Waals surface area contributed by atoms with Crippen LogP contribution in [0.15, 0.2) is 205 Å². The molecule has 266 valence electrons. The number of hydrogen-bond donors (Lipinski definition) is 0. The third-order valence-electron chi connectivity index (χ3n) is 10.5. The van der Waals surface area contributed by atoms with E-state index in [-0.39, 0.29) is 5.92 Å². The second-order valence-electron chi connectivity index (χ2n) is 14.0. The molecule has 5 nitrogen and oxygen atoms in total. The number of rotatable bonds is 8. The van der Waals surface area contributed by atoms with Crippen LogP contribution in [0.25, 0.3) is 67.0 Å². The third kappa shape index (κ3) is 6.35. The number of aromatic nitrogens is 3. The van der Waals surface area contributed by atoms with Crippen LogP contribution in [-0.4, -0.2) is 15.0 Å². The molecule has 0 saturated carbocycles. The molecule has 10 rings (SSSR count). The van der Waals surface area contributed by atoms with Gasteiger partial charge in [0.1, 0.15) is 17.0 Å². The molecule has 1 unspecified atom stereocenters. The Kier molecular flexibility index (Phi) is 8.58. The van der Waals surface area contributed by atoms with E-state index in [4.69, 9.17) is 19.4 Å². The maximum absolute atomic E-state index is 6.25. The summed E-state index contributed by atoms with van der Waals surface area (Å²) in [7, 11) is 0. The van der Waals surface area contributed by atoms with Gasteiger partial charge in [-0.1, -0.05) is 140 Å². The van der Waals surface area contributed by atoms with Gasteiger partial charge < -0.3 is 9.32 Å². The molecule has 0 amide bonds. The lowest BCUT2D eigenvalue weighted by atomic mass is 9.99. The molecule has 7 aromatic carbocycles. The van der Waals surface area contributed by atoms with E-state index in [9.17, 15) is 0 Å². The number of nitrogens with zero attached hydrogens (tertiary/aromatic N) is 4. The van der Waals surface area contributed by atoms with Gasteiger partial charge in [-0.2, -0.15) is 0 Å². The molecule has 0 saturated heterocycles. The van der Waals surface area contributed by atoms with E-state index in [0.717, 1.165) is 62.4 Å². The van der Waals surface area contributed by atoms with Crippen molar-refractivity contribution in [3.8, 4) is 45.0 Å². The maximum atomic E-state index is 6.25. The largest absolute Gasteiger partial charge is 0.456 e. The van der Waals surface area contributed by atoms with E-state index in [2.05, 4.69) is 163 Å². The molecule has 2 aromatic heterocycles. The summed E-state index contributed by atoms with van der Waals surface area (Å²) in [5, 5.41) is 2.05. The number of benzene rings is 7. The van der Waals surface area contributed by atoms with E-state index in [1.807, 2.05) is 42.5 Å². The number of furan rings is 1. The summed E-state index contributed by atoms with van der Waals surface area (Å²) < 4.78 is 6.25. The highest BCUT2D eigenvalue weighted by Crippen LogP contribution is 2.39. The number of anilines is 3. The van der Waals surface area contributed by atoms with Crippen molar-refractivity contribution >= 4 is 39.0 Å². The molecule has 5 heteroatoms. The predicted octanol–water partition coefficient (Wildman–Crippen LogP) is 13.5. The van der Waals surface area contributed by atoms with Crippen LogP contribution in [0.2, 0.25) is 0 Å². The highest BCUT2D eigenvalue weighted by molar-refractivity contribution is 6.11. The summed E-state index contributed by atoms with van der Waals surface area (Å²) in [6.45, 7) is 0. The Hall–Kier alpha value is -7.37. The first kappa shape index (κ1) is 33.2. The van der Waals surface area contributed by atoms with Crippen molar-refractivity contribution in [2.45, 2.75) is 12.3 Å². The van der Waals surface area contributed by atoms with E-state index in [1.54, 1.807) is 0 Å². The second kappa shape index (κ2) is 14.5. The van der Waals surface area contributed by atoms with Gasteiger partial charge in [0.2, 0.25) is 0 Å². The van der Waals surface area contributed by atoms with Crippen LogP contribution in [0.5, 0.6) is 0 Å². The average molecular weight is 721 g/mol. The number of para-hydroxylation sites is 1. The normalized spacial score (nSPS) is 13.7. The zero-order valence-corrected chi connectivity index (χ0v) is 30.5. The number of hydrogen-bond acceptors (Lipinski definition) is 5. The average Bonchev–Trinajstić information content (AvgIpc) is 3.67. The summed E-state index contributed by atoms with van der Waals surface area (Å²) in [4.78, 5) is 17.7. The maximum Gasteiger partial charge on any atom is 0.164 e. The van der Waals surface area contributed by atoms with Crippen molar-refractivity contribution in [3.05, 3.63) is 206 Å². The van der Waals surface area contributed by atoms with E-state index < -0.39 is 0 Å². The van der Waals surface area contributed by atoms with Gasteiger partial charge in [0.15, 0.2) is 11.6 Å². The highest BCUT2D eigenvalue weighted by atomic mass is 16.3. The van der Waals surface area contributed by atoms with Crippen molar-refractivity contribution in [1.29, 1.82) is 0 Å². The molecule has 1 aliphatic rings. The molecule has 0 N–H and O–H groups in total. The van der Waals surface area contributed by atoms with E-state index >= 15 is 0 Å². The summed E-state index contributed by atoms with van der Waals surface area (Å²) in [5.41, 5.74) is 11.4. The third-order valence-corrected chi connectivity index (χ3v) is 10.5. The van der Waals surface area contributed by atoms with Crippen LogP contribution >= 0.6 is 0 Å². The molecule has 0 spiro atoms. The molecule has 2 heterocycles. The van der Waals surface area contributed by atoms with Gasteiger partial charge in [-0.05, 0) is 89.3 Å². The molecular formula is C51H36N4O. The van der Waals surface area contributed by atoms with Gasteiger partial charge in [-0.25, -0.2) is 15.0 Å². The minimum Gasteiger partial charge on any atom is -0.456 e. The van der Waals surface area contributed by atoms with Crippen LogP contribution in [0.3, 0.4) is 0 Å². The molecule has 1 atom stereocenters. The fourth-order valence-electron chi connectivity index (χ4n) is 7.61. The Morgan fingerprint density at radius 1 is 0.446 bits per heavy atom. The number of allylic oxidation sites excluding steroid dienone is 4. The van der Waals surface area contributed by atoms with Gasteiger partial charge in [-0.15, -0.1) is 0 Å². The molecule has 0 fully saturated rings.